The van der Waals surface area contributed by atoms with Crippen molar-refractivity contribution in [2.45, 2.75) is 32.7 Å². The number of aryl methyl sites for hydroxylation is 1. The summed E-state index contributed by atoms with van der Waals surface area (Å²) in [6.07, 6.45) is 2.63. The molecule has 0 saturated carbocycles. The Hall–Kier alpha value is -2.79. The van der Waals surface area contributed by atoms with Crippen LogP contribution in [-0.4, -0.2) is 12.5 Å². The number of hydrogen-bond donors (Lipinski definition) is 2. The molecule has 0 radical (unpaired) electrons. The second kappa shape index (κ2) is 9.20. The zero-order chi connectivity index (χ0) is 16.4. The van der Waals surface area contributed by atoms with Crippen molar-refractivity contribution in [2.75, 3.05) is 6.54 Å². The largest absolute Gasteiger partial charge is 0.389 e. The Kier molecular flexibility index (Phi) is 7.22. The van der Waals surface area contributed by atoms with Crippen LogP contribution in [0.1, 0.15) is 37.4 Å². The normalized spacial score (nSPS) is 11.9. The van der Waals surface area contributed by atoms with Crippen LogP contribution >= 0.6 is 0 Å². The Morgan fingerprint density at radius 3 is 2.55 bits per heavy atom. The maximum atomic E-state index is 12.0. The third-order valence-corrected chi connectivity index (χ3v) is 3.23. The number of rotatable bonds is 7. The first-order valence-electron chi connectivity index (χ1n) is 7.22. The van der Waals surface area contributed by atoms with Crippen molar-refractivity contribution < 1.29 is 4.79 Å². The molecule has 0 fully saturated rings. The number of carbonyl (C=O) groups excluding carboxylic acids is 1. The van der Waals surface area contributed by atoms with Crippen LogP contribution in [0.15, 0.2) is 36.0 Å². The SMILES string of the molecule is CCc1ccc(C(C)NC(=O)/C(C#N)=C\NCCC#N)cc1. The van der Waals surface area contributed by atoms with Crippen molar-refractivity contribution in [3.05, 3.63) is 47.2 Å². The van der Waals surface area contributed by atoms with Crippen molar-refractivity contribution in [1.82, 2.24) is 10.6 Å². The molecule has 0 spiro atoms. The van der Waals surface area contributed by atoms with E-state index < -0.39 is 5.91 Å². The van der Waals surface area contributed by atoms with Gasteiger partial charge in [-0.3, -0.25) is 4.79 Å². The van der Waals surface area contributed by atoms with Crippen molar-refractivity contribution in [2.24, 2.45) is 0 Å². The molecule has 114 valence electrons. The third-order valence-electron chi connectivity index (χ3n) is 3.23. The standard InChI is InChI=1S/C17H20N4O/c1-3-14-5-7-15(8-6-14)13(2)21-17(22)16(11-19)12-20-10-4-9-18/h5-8,12-13,20H,3-4,10H2,1-2H3,(H,21,22)/b16-12-. The molecule has 0 bridgehead atoms. The molecule has 1 aromatic carbocycles. The molecular formula is C17H20N4O. The lowest BCUT2D eigenvalue weighted by molar-refractivity contribution is -0.117. The van der Waals surface area contributed by atoms with Gasteiger partial charge in [0.15, 0.2) is 0 Å². The maximum Gasteiger partial charge on any atom is 0.263 e. The van der Waals surface area contributed by atoms with E-state index in [4.69, 9.17) is 10.5 Å². The Balaban J connectivity index is 2.64. The zero-order valence-electron chi connectivity index (χ0n) is 12.9. The fourth-order valence-electron chi connectivity index (χ4n) is 1.85. The monoisotopic (exact) mass is 296 g/mol. The van der Waals surface area contributed by atoms with Gasteiger partial charge in [-0.2, -0.15) is 10.5 Å². The van der Waals surface area contributed by atoms with Gasteiger partial charge in [-0.05, 0) is 24.5 Å². The Morgan fingerprint density at radius 1 is 1.32 bits per heavy atom. The van der Waals surface area contributed by atoms with E-state index in [1.165, 1.54) is 11.8 Å². The van der Waals surface area contributed by atoms with Crippen LogP contribution in [0.2, 0.25) is 0 Å². The summed E-state index contributed by atoms with van der Waals surface area (Å²) < 4.78 is 0. The smallest absolute Gasteiger partial charge is 0.263 e. The molecule has 1 rings (SSSR count). The van der Waals surface area contributed by atoms with Crippen molar-refractivity contribution >= 4 is 5.91 Å². The van der Waals surface area contributed by atoms with Gasteiger partial charge in [0, 0.05) is 12.7 Å². The summed E-state index contributed by atoms with van der Waals surface area (Å²) in [5.74, 6) is -0.431. The summed E-state index contributed by atoms with van der Waals surface area (Å²) >= 11 is 0. The number of nitriles is 2. The van der Waals surface area contributed by atoms with Gasteiger partial charge in [0.1, 0.15) is 11.6 Å². The predicted molar refractivity (Wildman–Crippen MR) is 84.3 cm³/mol. The molecule has 0 aromatic heterocycles. The van der Waals surface area contributed by atoms with Crippen molar-refractivity contribution in [3.63, 3.8) is 0 Å². The highest BCUT2D eigenvalue weighted by atomic mass is 16.1. The molecule has 5 heteroatoms. The maximum absolute atomic E-state index is 12.0. The van der Waals surface area contributed by atoms with Gasteiger partial charge in [0.05, 0.1) is 18.5 Å². The van der Waals surface area contributed by atoms with Crippen LogP contribution in [-0.2, 0) is 11.2 Å². The van der Waals surface area contributed by atoms with E-state index >= 15 is 0 Å². The van der Waals surface area contributed by atoms with Crippen molar-refractivity contribution in [1.29, 1.82) is 10.5 Å². The van der Waals surface area contributed by atoms with E-state index in [1.54, 1.807) is 0 Å². The molecule has 0 aliphatic heterocycles. The Bertz CT molecular complexity index is 605. The number of hydrogen-bond acceptors (Lipinski definition) is 4. The molecule has 5 nitrogen and oxygen atoms in total. The molecule has 0 heterocycles. The highest BCUT2D eigenvalue weighted by molar-refractivity contribution is 5.97. The van der Waals surface area contributed by atoms with Gasteiger partial charge in [0.25, 0.3) is 5.91 Å². The highest BCUT2D eigenvalue weighted by Crippen LogP contribution is 2.14. The van der Waals surface area contributed by atoms with Crippen LogP contribution in [0.3, 0.4) is 0 Å². The number of amides is 1. The minimum atomic E-state index is -0.431. The first kappa shape index (κ1) is 17.3. The highest BCUT2D eigenvalue weighted by Gasteiger charge is 2.13. The Morgan fingerprint density at radius 2 is 2.00 bits per heavy atom. The van der Waals surface area contributed by atoms with Crippen LogP contribution < -0.4 is 10.6 Å². The van der Waals surface area contributed by atoms with Gasteiger partial charge >= 0.3 is 0 Å². The number of carbonyl (C=O) groups is 1. The average Bonchev–Trinajstić information content (AvgIpc) is 2.54. The fraction of sp³-hybridized carbons (Fsp3) is 0.353. The van der Waals surface area contributed by atoms with Gasteiger partial charge in [-0.25, -0.2) is 0 Å². The topological polar surface area (TPSA) is 88.7 Å². The van der Waals surface area contributed by atoms with E-state index in [0.717, 1.165) is 12.0 Å². The lowest BCUT2D eigenvalue weighted by atomic mass is 10.0. The Labute approximate surface area is 131 Å². The van der Waals surface area contributed by atoms with Crippen LogP contribution in [0.4, 0.5) is 0 Å². The van der Waals surface area contributed by atoms with Crippen molar-refractivity contribution in [3.8, 4) is 12.1 Å². The minimum Gasteiger partial charge on any atom is -0.389 e. The van der Waals surface area contributed by atoms with E-state index in [2.05, 4.69) is 17.6 Å². The molecule has 0 aliphatic rings. The minimum absolute atomic E-state index is 0.00466. The second-order valence-electron chi connectivity index (χ2n) is 4.82. The van der Waals surface area contributed by atoms with Gasteiger partial charge in [-0.1, -0.05) is 31.2 Å². The summed E-state index contributed by atoms with van der Waals surface area (Å²) in [5, 5.41) is 23.0. The lowest BCUT2D eigenvalue weighted by Crippen LogP contribution is -2.28. The van der Waals surface area contributed by atoms with E-state index in [9.17, 15) is 4.79 Å². The summed E-state index contributed by atoms with van der Waals surface area (Å²) in [7, 11) is 0. The molecule has 1 unspecified atom stereocenters. The summed E-state index contributed by atoms with van der Waals surface area (Å²) in [5.41, 5.74) is 2.22. The first-order chi connectivity index (χ1) is 10.6. The molecular weight excluding hydrogens is 276 g/mol. The molecule has 0 aliphatic carbocycles. The summed E-state index contributed by atoms with van der Waals surface area (Å²) in [6.45, 7) is 4.36. The zero-order valence-corrected chi connectivity index (χ0v) is 12.9. The van der Waals surface area contributed by atoms with E-state index in [1.807, 2.05) is 43.3 Å². The predicted octanol–water partition coefficient (Wildman–Crippen LogP) is 2.34. The summed E-state index contributed by atoms with van der Waals surface area (Å²) in [6, 6.07) is 11.7. The second-order valence-corrected chi connectivity index (χ2v) is 4.82. The van der Waals surface area contributed by atoms with Gasteiger partial charge < -0.3 is 10.6 Å². The summed E-state index contributed by atoms with van der Waals surface area (Å²) in [4.78, 5) is 12.0. The van der Waals surface area contributed by atoms with Gasteiger partial charge in [-0.15, -0.1) is 0 Å². The number of nitrogens with zero attached hydrogens (tertiary/aromatic N) is 2. The average molecular weight is 296 g/mol. The first-order valence-corrected chi connectivity index (χ1v) is 7.22. The van der Waals surface area contributed by atoms with Gasteiger partial charge in [0.2, 0.25) is 0 Å². The third kappa shape index (κ3) is 5.30. The molecule has 2 N–H and O–H groups in total. The number of benzene rings is 1. The molecule has 1 aromatic rings. The number of nitrogens with one attached hydrogen (secondary N) is 2. The van der Waals surface area contributed by atoms with Crippen LogP contribution in [0.5, 0.6) is 0 Å². The molecule has 22 heavy (non-hydrogen) atoms. The van der Waals surface area contributed by atoms with E-state index in [-0.39, 0.29) is 11.6 Å². The van der Waals surface area contributed by atoms with E-state index in [0.29, 0.717) is 13.0 Å². The molecule has 0 saturated heterocycles. The quantitative estimate of drug-likeness (QED) is 0.459. The lowest BCUT2D eigenvalue weighted by Gasteiger charge is -2.14. The molecule has 1 atom stereocenters. The van der Waals surface area contributed by atoms with Crippen LogP contribution in [0, 0.1) is 22.7 Å². The van der Waals surface area contributed by atoms with Crippen LogP contribution in [0.25, 0.3) is 0 Å². The fourth-order valence-corrected chi connectivity index (χ4v) is 1.85. The molecule has 1 amide bonds.